The summed E-state index contributed by atoms with van der Waals surface area (Å²) in [6.07, 6.45) is -0.0574. The van der Waals surface area contributed by atoms with E-state index in [4.69, 9.17) is 10.00 Å². The summed E-state index contributed by atoms with van der Waals surface area (Å²) in [6, 6.07) is 26.7. The second-order valence-corrected chi connectivity index (χ2v) is 10.6. The van der Waals surface area contributed by atoms with Gasteiger partial charge in [0.05, 0.1) is 33.9 Å². The molecule has 2 heterocycles. The van der Waals surface area contributed by atoms with Crippen LogP contribution >= 0.6 is 0 Å². The van der Waals surface area contributed by atoms with Crippen molar-refractivity contribution in [3.05, 3.63) is 143 Å². The molecule has 0 spiro atoms. The predicted molar refractivity (Wildman–Crippen MR) is 169 cm³/mol. The quantitative estimate of drug-likeness (QED) is 0.153. The molecule has 0 aliphatic rings. The Labute approximate surface area is 267 Å². The van der Waals surface area contributed by atoms with Crippen LogP contribution in [0.1, 0.15) is 32.9 Å². The first-order chi connectivity index (χ1) is 22.8. The number of carbonyl (C=O) groups is 1. The Balaban J connectivity index is 1.25. The molecule has 6 rings (SSSR count). The molecule has 0 unspecified atom stereocenters. The summed E-state index contributed by atoms with van der Waals surface area (Å²) in [6.45, 7) is 0.673. The van der Waals surface area contributed by atoms with Gasteiger partial charge in [0.1, 0.15) is 29.9 Å². The zero-order valence-electron chi connectivity index (χ0n) is 24.8. The second-order valence-electron chi connectivity index (χ2n) is 10.6. The van der Waals surface area contributed by atoms with E-state index in [-0.39, 0.29) is 52.4 Å². The molecule has 0 amide bonds. The highest BCUT2D eigenvalue weighted by molar-refractivity contribution is 5.92. The van der Waals surface area contributed by atoms with Gasteiger partial charge in [0.15, 0.2) is 0 Å². The number of anilines is 1. The number of pyridine rings is 1. The van der Waals surface area contributed by atoms with Crippen LogP contribution in [0, 0.1) is 28.8 Å². The van der Waals surface area contributed by atoms with E-state index in [1.165, 1.54) is 36.4 Å². The summed E-state index contributed by atoms with van der Waals surface area (Å²) in [5, 5.41) is 21.8. The van der Waals surface area contributed by atoms with Gasteiger partial charge in [-0.15, -0.1) is 0 Å². The van der Waals surface area contributed by atoms with Crippen LogP contribution in [0.4, 0.5) is 18.9 Å². The number of carboxylic acid groups (broad SMARTS) is 1. The summed E-state index contributed by atoms with van der Waals surface area (Å²) in [5.74, 6) is -2.57. The van der Waals surface area contributed by atoms with Crippen LogP contribution in [0.5, 0.6) is 5.88 Å². The van der Waals surface area contributed by atoms with Gasteiger partial charge in [0, 0.05) is 42.4 Å². The first-order valence-corrected chi connectivity index (χ1v) is 14.6. The van der Waals surface area contributed by atoms with Crippen molar-refractivity contribution in [3.8, 4) is 23.2 Å². The van der Waals surface area contributed by atoms with Crippen molar-refractivity contribution in [2.75, 3.05) is 11.9 Å². The van der Waals surface area contributed by atoms with Gasteiger partial charge in [0.25, 0.3) is 0 Å². The topological polar surface area (TPSA) is 113 Å². The Morgan fingerprint density at radius 3 is 2.45 bits per heavy atom. The van der Waals surface area contributed by atoms with E-state index < -0.39 is 23.4 Å². The Bertz CT molecular complexity index is 2140. The summed E-state index contributed by atoms with van der Waals surface area (Å²) in [7, 11) is 0. The molecule has 0 aliphatic carbocycles. The molecule has 11 heteroatoms. The zero-order valence-corrected chi connectivity index (χ0v) is 24.8. The molecule has 4 aromatic carbocycles. The predicted octanol–water partition coefficient (Wildman–Crippen LogP) is 7.37. The number of nitrogens with zero attached hydrogens (tertiary/aromatic N) is 4. The van der Waals surface area contributed by atoms with Crippen LogP contribution in [0.2, 0.25) is 0 Å². The van der Waals surface area contributed by atoms with E-state index in [0.717, 1.165) is 23.9 Å². The molecule has 47 heavy (non-hydrogen) atoms. The first kappa shape index (κ1) is 30.9. The molecule has 0 bridgehead atoms. The number of halogens is 3. The van der Waals surface area contributed by atoms with E-state index in [2.05, 4.69) is 15.3 Å². The van der Waals surface area contributed by atoms with Crippen LogP contribution in [-0.4, -0.2) is 32.2 Å². The number of hydrogen-bond donors (Lipinski definition) is 2. The average Bonchev–Trinajstić information content (AvgIpc) is 3.42. The normalized spacial score (nSPS) is 10.9. The summed E-state index contributed by atoms with van der Waals surface area (Å²) >= 11 is 0. The highest BCUT2D eigenvalue weighted by atomic mass is 19.1. The van der Waals surface area contributed by atoms with Gasteiger partial charge in [0.2, 0.25) is 5.88 Å². The molecule has 0 fully saturated rings. The van der Waals surface area contributed by atoms with E-state index in [1.54, 1.807) is 12.1 Å². The Kier molecular flexibility index (Phi) is 8.84. The molecule has 0 aliphatic heterocycles. The SMILES string of the molecule is N#Cc1ccc(COc2cccc(-c3cc(F)c(Cc4nc5ccc(C(=O)O)cc5n4CCNc4ccccc4)cc3F)n2)c(F)c1. The smallest absolute Gasteiger partial charge is 0.335 e. The third-order valence-corrected chi connectivity index (χ3v) is 7.55. The van der Waals surface area contributed by atoms with Gasteiger partial charge in [-0.3, -0.25) is 0 Å². The van der Waals surface area contributed by atoms with Gasteiger partial charge in [-0.05, 0) is 66.2 Å². The molecular weight excluding hydrogens is 607 g/mol. The van der Waals surface area contributed by atoms with Crippen LogP contribution in [-0.2, 0) is 19.6 Å². The molecule has 0 saturated carbocycles. The third-order valence-electron chi connectivity index (χ3n) is 7.55. The molecule has 2 aromatic heterocycles. The standard InChI is InChI=1S/C36H26F3N5O3/c37-28-15-22(20-40)9-10-24(28)21-47-35-8-4-7-31(43-35)27-19-29(38)25(16-30(27)39)18-34-42-32-12-11-23(36(45)46)17-33(32)44(34)14-13-41-26-5-2-1-3-6-26/h1-12,15-17,19,41H,13-14,18,21H2,(H,45,46). The zero-order chi connectivity index (χ0) is 32.9. The molecule has 0 saturated heterocycles. The molecule has 6 aromatic rings. The minimum absolute atomic E-state index is 0.0565. The highest BCUT2D eigenvalue weighted by Gasteiger charge is 2.19. The molecule has 2 N–H and O–H groups in total. The molecule has 0 radical (unpaired) electrons. The van der Waals surface area contributed by atoms with Gasteiger partial charge in [-0.2, -0.15) is 5.26 Å². The Hall–Kier alpha value is -6.15. The third kappa shape index (κ3) is 6.92. The fourth-order valence-corrected chi connectivity index (χ4v) is 5.18. The van der Waals surface area contributed by atoms with Crippen molar-refractivity contribution in [2.24, 2.45) is 0 Å². The summed E-state index contributed by atoms with van der Waals surface area (Å²) in [4.78, 5) is 20.6. The molecular formula is C36H26F3N5O3. The number of imidazole rings is 1. The van der Waals surface area contributed by atoms with Crippen molar-refractivity contribution in [3.63, 3.8) is 0 Å². The largest absolute Gasteiger partial charge is 0.478 e. The van der Waals surface area contributed by atoms with Crippen LogP contribution in [0.3, 0.4) is 0 Å². The number of nitrogens with one attached hydrogen (secondary N) is 1. The molecule has 0 atom stereocenters. The monoisotopic (exact) mass is 633 g/mol. The Morgan fingerprint density at radius 2 is 1.68 bits per heavy atom. The van der Waals surface area contributed by atoms with Crippen molar-refractivity contribution in [1.29, 1.82) is 5.26 Å². The number of para-hydroxylation sites is 1. The number of rotatable bonds is 11. The maximum absolute atomic E-state index is 15.6. The molecule has 8 nitrogen and oxygen atoms in total. The lowest BCUT2D eigenvalue weighted by molar-refractivity contribution is 0.0697. The minimum Gasteiger partial charge on any atom is -0.478 e. The van der Waals surface area contributed by atoms with Gasteiger partial charge in [-0.25, -0.2) is 27.9 Å². The van der Waals surface area contributed by atoms with E-state index in [9.17, 15) is 14.3 Å². The number of fused-ring (bicyclic) bond motifs is 1. The number of aromatic nitrogens is 3. The van der Waals surface area contributed by atoms with Crippen molar-refractivity contribution < 1.29 is 27.8 Å². The van der Waals surface area contributed by atoms with Crippen molar-refractivity contribution in [1.82, 2.24) is 14.5 Å². The first-order valence-electron chi connectivity index (χ1n) is 14.6. The lowest BCUT2D eigenvalue weighted by Gasteiger charge is -2.13. The number of hydrogen-bond acceptors (Lipinski definition) is 6. The number of aromatic carboxylic acids is 1. The van der Waals surface area contributed by atoms with Crippen molar-refractivity contribution in [2.45, 2.75) is 19.6 Å². The maximum Gasteiger partial charge on any atom is 0.335 e. The summed E-state index contributed by atoms with van der Waals surface area (Å²) < 4.78 is 52.8. The maximum atomic E-state index is 15.6. The Morgan fingerprint density at radius 1 is 0.872 bits per heavy atom. The van der Waals surface area contributed by atoms with Crippen LogP contribution in [0.15, 0.2) is 97.1 Å². The fraction of sp³-hybridized carbons (Fsp3) is 0.111. The van der Waals surface area contributed by atoms with E-state index >= 15 is 8.78 Å². The van der Waals surface area contributed by atoms with E-state index in [1.807, 2.05) is 41.0 Å². The number of carboxylic acids is 1. The lowest BCUT2D eigenvalue weighted by atomic mass is 10.0. The van der Waals surface area contributed by atoms with Crippen molar-refractivity contribution >= 4 is 22.7 Å². The average molecular weight is 634 g/mol. The molecule has 234 valence electrons. The summed E-state index contributed by atoms with van der Waals surface area (Å²) in [5.41, 5.74) is 2.55. The number of ether oxygens (including phenoxy) is 1. The van der Waals surface area contributed by atoms with Gasteiger partial charge >= 0.3 is 5.97 Å². The van der Waals surface area contributed by atoms with Gasteiger partial charge in [-0.1, -0.05) is 30.3 Å². The number of benzene rings is 4. The lowest BCUT2D eigenvalue weighted by Crippen LogP contribution is -2.14. The van der Waals surface area contributed by atoms with Crippen LogP contribution in [0.25, 0.3) is 22.3 Å². The van der Waals surface area contributed by atoms with Crippen LogP contribution < -0.4 is 10.1 Å². The highest BCUT2D eigenvalue weighted by Crippen LogP contribution is 2.28. The number of nitriles is 1. The minimum atomic E-state index is -1.09. The second kappa shape index (κ2) is 13.5. The fourth-order valence-electron chi connectivity index (χ4n) is 5.18. The van der Waals surface area contributed by atoms with E-state index in [0.29, 0.717) is 29.9 Å². The van der Waals surface area contributed by atoms with Gasteiger partial charge < -0.3 is 19.7 Å².